The van der Waals surface area contributed by atoms with Gasteiger partial charge in [-0.1, -0.05) is 36.4 Å². The first-order chi connectivity index (χ1) is 8.69. The van der Waals surface area contributed by atoms with Crippen LogP contribution in [0.4, 0.5) is 0 Å². The highest BCUT2D eigenvalue weighted by Gasteiger charge is 2.03. The Bertz CT molecular complexity index is 609. The predicted octanol–water partition coefficient (Wildman–Crippen LogP) is 2.85. The van der Waals surface area contributed by atoms with E-state index >= 15 is 0 Å². The molecule has 0 radical (unpaired) electrons. The van der Waals surface area contributed by atoms with E-state index in [9.17, 15) is 4.79 Å². The normalized spacial score (nSPS) is 9.72. The fourth-order valence-corrected chi connectivity index (χ4v) is 1.77. The van der Waals surface area contributed by atoms with Crippen LogP contribution in [-0.4, -0.2) is 11.1 Å². The van der Waals surface area contributed by atoms with Crippen LogP contribution >= 0.6 is 0 Å². The maximum Gasteiger partial charge on any atom is 0.307 e. The molecule has 0 amide bonds. The van der Waals surface area contributed by atoms with Crippen molar-refractivity contribution in [3.63, 3.8) is 0 Å². The lowest BCUT2D eigenvalue weighted by molar-refractivity contribution is -0.136. The number of aliphatic carboxylic acids is 1. The quantitative estimate of drug-likeness (QED) is 0.892. The Kier molecular flexibility index (Phi) is 3.40. The Morgan fingerprint density at radius 3 is 2.44 bits per heavy atom. The van der Waals surface area contributed by atoms with Crippen molar-refractivity contribution in [2.75, 3.05) is 0 Å². The summed E-state index contributed by atoms with van der Waals surface area (Å²) >= 11 is 0. The first-order valence-electron chi connectivity index (χ1n) is 5.50. The van der Waals surface area contributed by atoms with Crippen molar-refractivity contribution in [3.05, 3.63) is 59.7 Å². The number of benzene rings is 2. The molecule has 0 aromatic heterocycles. The molecule has 0 heterocycles. The summed E-state index contributed by atoms with van der Waals surface area (Å²) in [4.78, 5) is 10.7. The van der Waals surface area contributed by atoms with Gasteiger partial charge in [0.1, 0.15) is 0 Å². The van der Waals surface area contributed by atoms with Gasteiger partial charge in [-0.25, -0.2) is 0 Å². The smallest absolute Gasteiger partial charge is 0.307 e. The van der Waals surface area contributed by atoms with Gasteiger partial charge < -0.3 is 5.11 Å². The molecule has 0 fully saturated rings. The third-order valence-corrected chi connectivity index (χ3v) is 2.63. The zero-order valence-electron chi connectivity index (χ0n) is 9.63. The zero-order chi connectivity index (χ0) is 13.0. The monoisotopic (exact) mass is 237 g/mol. The fourth-order valence-electron chi connectivity index (χ4n) is 1.77. The molecule has 0 atom stereocenters. The molecule has 0 spiro atoms. The van der Waals surface area contributed by atoms with Crippen LogP contribution in [0.5, 0.6) is 0 Å². The Morgan fingerprint density at radius 1 is 1.11 bits per heavy atom. The number of rotatable bonds is 3. The van der Waals surface area contributed by atoms with Crippen LogP contribution in [-0.2, 0) is 11.2 Å². The summed E-state index contributed by atoms with van der Waals surface area (Å²) in [5.74, 6) is -0.841. The number of carbonyl (C=O) groups is 1. The van der Waals surface area contributed by atoms with E-state index in [1.807, 2.05) is 30.3 Å². The maximum absolute atomic E-state index is 10.7. The molecule has 0 aliphatic carbocycles. The van der Waals surface area contributed by atoms with Gasteiger partial charge in [0.05, 0.1) is 18.1 Å². The van der Waals surface area contributed by atoms with Crippen LogP contribution in [0.3, 0.4) is 0 Å². The number of hydrogen-bond donors (Lipinski definition) is 1. The van der Waals surface area contributed by atoms with Gasteiger partial charge in [0.15, 0.2) is 0 Å². The highest BCUT2D eigenvalue weighted by molar-refractivity contribution is 5.72. The summed E-state index contributed by atoms with van der Waals surface area (Å²) < 4.78 is 0. The molecule has 0 unspecified atom stereocenters. The summed E-state index contributed by atoms with van der Waals surface area (Å²) in [6, 6.07) is 16.7. The maximum atomic E-state index is 10.7. The van der Waals surface area contributed by atoms with E-state index in [2.05, 4.69) is 6.07 Å². The van der Waals surface area contributed by atoms with E-state index in [1.54, 1.807) is 18.2 Å². The van der Waals surface area contributed by atoms with Crippen molar-refractivity contribution in [3.8, 4) is 17.2 Å². The summed E-state index contributed by atoms with van der Waals surface area (Å²) in [6.45, 7) is 0. The molecule has 1 N–H and O–H groups in total. The van der Waals surface area contributed by atoms with E-state index in [0.29, 0.717) is 5.56 Å². The lowest BCUT2D eigenvalue weighted by atomic mass is 10.0. The number of nitriles is 1. The zero-order valence-corrected chi connectivity index (χ0v) is 9.63. The van der Waals surface area contributed by atoms with Crippen molar-refractivity contribution in [2.24, 2.45) is 0 Å². The molecule has 0 saturated carbocycles. The molecule has 18 heavy (non-hydrogen) atoms. The van der Waals surface area contributed by atoms with Crippen molar-refractivity contribution in [1.29, 1.82) is 5.26 Å². The minimum absolute atomic E-state index is 0.0180. The number of hydrogen-bond acceptors (Lipinski definition) is 2. The van der Waals surface area contributed by atoms with E-state index in [-0.39, 0.29) is 6.42 Å². The number of carboxylic acids is 1. The highest BCUT2D eigenvalue weighted by Crippen LogP contribution is 2.21. The Balaban J connectivity index is 2.32. The minimum Gasteiger partial charge on any atom is -0.481 e. The van der Waals surface area contributed by atoms with Crippen LogP contribution < -0.4 is 0 Å². The second kappa shape index (κ2) is 5.15. The molecule has 2 rings (SSSR count). The van der Waals surface area contributed by atoms with E-state index < -0.39 is 5.97 Å². The second-order valence-corrected chi connectivity index (χ2v) is 3.96. The molecule has 0 saturated heterocycles. The van der Waals surface area contributed by atoms with Crippen LogP contribution in [0.1, 0.15) is 11.1 Å². The third-order valence-electron chi connectivity index (χ3n) is 2.63. The first kappa shape index (κ1) is 11.9. The number of carboxylic acid groups (broad SMARTS) is 1. The van der Waals surface area contributed by atoms with Gasteiger partial charge in [-0.05, 0) is 28.8 Å². The van der Waals surface area contributed by atoms with Gasteiger partial charge in [-0.15, -0.1) is 0 Å². The van der Waals surface area contributed by atoms with Crippen LogP contribution in [0.25, 0.3) is 11.1 Å². The largest absolute Gasteiger partial charge is 0.481 e. The number of nitrogens with zero attached hydrogens (tertiary/aromatic N) is 1. The summed E-state index contributed by atoms with van der Waals surface area (Å²) in [7, 11) is 0. The topological polar surface area (TPSA) is 61.1 Å². The van der Waals surface area contributed by atoms with Crippen molar-refractivity contribution in [1.82, 2.24) is 0 Å². The van der Waals surface area contributed by atoms with Crippen molar-refractivity contribution >= 4 is 5.97 Å². The molecule has 2 aromatic rings. The van der Waals surface area contributed by atoms with Gasteiger partial charge in [0.2, 0.25) is 0 Å². The summed E-state index contributed by atoms with van der Waals surface area (Å²) in [5.41, 5.74) is 3.31. The average Bonchev–Trinajstić information content (AvgIpc) is 2.38. The lowest BCUT2D eigenvalue weighted by Gasteiger charge is -2.04. The van der Waals surface area contributed by atoms with Crippen molar-refractivity contribution in [2.45, 2.75) is 6.42 Å². The Hall–Kier alpha value is -2.60. The SMILES string of the molecule is N#Cc1ccc(-c2cccc(CC(=O)O)c2)cc1. The van der Waals surface area contributed by atoms with E-state index in [1.165, 1.54) is 0 Å². The molecule has 3 heteroatoms. The van der Waals surface area contributed by atoms with Crippen LogP contribution in [0, 0.1) is 11.3 Å². The highest BCUT2D eigenvalue weighted by atomic mass is 16.4. The molecule has 2 aromatic carbocycles. The lowest BCUT2D eigenvalue weighted by Crippen LogP contribution is -1.99. The average molecular weight is 237 g/mol. The molecule has 0 aliphatic rings. The molecular weight excluding hydrogens is 226 g/mol. The summed E-state index contributed by atoms with van der Waals surface area (Å²) in [5, 5.41) is 17.5. The first-order valence-corrected chi connectivity index (χ1v) is 5.50. The fraction of sp³-hybridized carbons (Fsp3) is 0.0667. The van der Waals surface area contributed by atoms with Crippen molar-refractivity contribution < 1.29 is 9.90 Å². The van der Waals surface area contributed by atoms with Gasteiger partial charge in [-0.3, -0.25) is 4.79 Å². The standard InChI is InChI=1S/C15H11NO2/c16-10-11-4-6-13(7-5-11)14-3-1-2-12(8-14)9-15(17)18/h1-8H,9H2,(H,17,18). The molecule has 88 valence electrons. The third kappa shape index (κ3) is 2.74. The molecule has 3 nitrogen and oxygen atoms in total. The van der Waals surface area contributed by atoms with Crippen LogP contribution in [0.15, 0.2) is 48.5 Å². The minimum atomic E-state index is -0.841. The van der Waals surface area contributed by atoms with Gasteiger partial charge >= 0.3 is 5.97 Å². The van der Waals surface area contributed by atoms with E-state index in [0.717, 1.165) is 16.7 Å². The van der Waals surface area contributed by atoms with Gasteiger partial charge in [0, 0.05) is 0 Å². The predicted molar refractivity (Wildman–Crippen MR) is 67.9 cm³/mol. The van der Waals surface area contributed by atoms with E-state index in [4.69, 9.17) is 10.4 Å². The summed E-state index contributed by atoms with van der Waals surface area (Å²) in [6.07, 6.45) is 0.0180. The van der Waals surface area contributed by atoms with Gasteiger partial charge in [0.25, 0.3) is 0 Å². The van der Waals surface area contributed by atoms with Gasteiger partial charge in [-0.2, -0.15) is 5.26 Å². The molecule has 0 aliphatic heterocycles. The molecule has 0 bridgehead atoms. The van der Waals surface area contributed by atoms with Crippen LogP contribution in [0.2, 0.25) is 0 Å². The Morgan fingerprint density at radius 2 is 1.83 bits per heavy atom. The molecular formula is C15H11NO2. The Labute approximate surface area is 105 Å². The second-order valence-electron chi connectivity index (χ2n) is 3.96.